The molecule has 0 saturated heterocycles. The maximum absolute atomic E-state index is 12.1. The first-order chi connectivity index (χ1) is 10.1. The van der Waals surface area contributed by atoms with Crippen molar-refractivity contribution in [2.24, 2.45) is 0 Å². The first-order valence-corrected chi connectivity index (χ1v) is 7.02. The number of carbonyl (C=O) groups excluding carboxylic acids is 3. The van der Waals surface area contributed by atoms with Crippen LogP contribution >= 0.6 is 0 Å². The molecule has 7 heteroatoms. The molecule has 0 spiro atoms. The van der Waals surface area contributed by atoms with E-state index in [0.29, 0.717) is 22.6 Å². The van der Waals surface area contributed by atoms with Crippen LogP contribution in [0.2, 0.25) is 0 Å². The zero-order valence-electron chi connectivity index (χ0n) is 13.7. The molecule has 0 fully saturated rings. The predicted molar refractivity (Wildman–Crippen MR) is 79.6 cm³/mol. The van der Waals surface area contributed by atoms with Crippen LogP contribution in [0.3, 0.4) is 0 Å². The summed E-state index contributed by atoms with van der Waals surface area (Å²) in [6.45, 7) is 10.1. The van der Waals surface area contributed by atoms with Crippen LogP contribution in [0.5, 0.6) is 0 Å². The summed E-state index contributed by atoms with van der Waals surface area (Å²) >= 11 is 0. The van der Waals surface area contributed by atoms with E-state index in [4.69, 9.17) is 9.15 Å². The Balaban J connectivity index is 2.68. The summed E-state index contributed by atoms with van der Waals surface area (Å²) in [4.78, 5) is 35.4. The number of ether oxygens (including phenoxy) is 1. The van der Waals surface area contributed by atoms with Gasteiger partial charge in [0, 0.05) is 11.6 Å². The number of imide groups is 1. The second-order valence-electron chi connectivity index (χ2n) is 5.38. The van der Waals surface area contributed by atoms with E-state index in [0.717, 1.165) is 0 Å². The van der Waals surface area contributed by atoms with Gasteiger partial charge in [-0.05, 0) is 41.5 Å². The SMILES string of the molecule is Cc1oc(C)c(C(=O)OC(C)C(=O)NC(=O)NC(C)C)c1C. The van der Waals surface area contributed by atoms with E-state index in [-0.39, 0.29) is 6.04 Å². The molecule has 1 rings (SSSR count). The number of rotatable bonds is 4. The van der Waals surface area contributed by atoms with Crippen molar-refractivity contribution in [3.05, 3.63) is 22.6 Å². The van der Waals surface area contributed by atoms with Crippen LogP contribution in [0.15, 0.2) is 4.42 Å². The zero-order valence-corrected chi connectivity index (χ0v) is 13.7. The maximum atomic E-state index is 12.1. The monoisotopic (exact) mass is 310 g/mol. The van der Waals surface area contributed by atoms with Gasteiger partial charge in [-0.1, -0.05) is 0 Å². The Bertz CT molecular complexity index is 589. The van der Waals surface area contributed by atoms with E-state index in [1.165, 1.54) is 6.92 Å². The summed E-state index contributed by atoms with van der Waals surface area (Å²) in [7, 11) is 0. The van der Waals surface area contributed by atoms with E-state index in [9.17, 15) is 14.4 Å². The molecule has 1 aromatic rings. The van der Waals surface area contributed by atoms with Crippen LogP contribution in [-0.4, -0.2) is 30.1 Å². The standard InChI is InChI=1S/C15H22N2O5/c1-7(2)16-15(20)17-13(18)11(6)22-14(19)12-8(3)9(4)21-10(12)5/h7,11H,1-6H3,(H2,16,17,18,20). The van der Waals surface area contributed by atoms with Crippen molar-refractivity contribution < 1.29 is 23.5 Å². The first kappa shape index (κ1) is 17.7. The van der Waals surface area contributed by atoms with Crippen molar-refractivity contribution in [2.45, 2.75) is 53.7 Å². The van der Waals surface area contributed by atoms with Crippen LogP contribution in [0.25, 0.3) is 0 Å². The lowest BCUT2D eigenvalue weighted by Gasteiger charge is -2.14. The molecule has 0 radical (unpaired) electrons. The third kappa shape index (κ3) is 4.34. The quantitative estimate of drug-likeness (QED) is 0.829. The lowest BCUT2D eigenvalue weighted by Crippen LogP contribution is -2.46. The highest BCUT2D eigenvalue weighted by Gasteiger charge is 2.25. The van der Waals surface area contributed by atoms with Gasteiger partial charge in [-0.15, -0.1) is 0 Å². The largest absolute Gasteiger partial charge is 0.465 e. The van der Waals surface area contributed by atoms with Crippen LogP contribution in [0.1, 0.15) is 48.2 Å². The lowest BCUT2D eigenvalue weighted by molar-refractivity contribution is -0.127. The van der Waals surface area contributed by atoms with Gasteiger partial charge < -0.3 is 14.5 Å². The summed E-state index contributed by atoms with van der Waals surface area (Å²) in [5.41, 5.74) is 0.983. The van der Waals surface area contributed by atoms with Crippen molar-refractivity contribution in [3.8, 4) is 0 Å². The Kier molecular flexibility index (Phi) is 5.73. The van der Waals surface area contributed by atoms with Crippen molar-refractivity contribution in [1.82, 2.24) is 10.6 Å². The minimum atomic E-state index is -1.10. The van der Waals surface area contributed by atoms with Crippen LogP contribution < -0.4 is 10.6 Å². The highest BCUT2D eigenvalue weighted by molar-refractivity contribution is 5.99. The number of aryl methyl sites for hydroxylation is 2. The fraction of sp³-hybridized carbons (Fsp3) is 0.533. The number of furan rings is 1. The van der Waals surface area contributed by atoms with Crippen molar-refractivity contribution in [1.29, 1.82) is 0 Å². The minimum Gasteiger partial charge on any atom is -0.465 e. The van der Waals surface area contributed by atoms with Crippen molar-refractivity contribution in [2.75, 3.05) is 0 Å². The third-order valence-corrected chi connectivity index (χ3v) is 3.08. The van der Waals surface area contributed by atoms with Gasteiger partial charge >= 0.3 is 12.0 Å². The van der Waals surface area contributed by atoms with E-state index in [2.05, 4.69) is 10.6 Å². The van der Waals surface area contributed by atoms with E-state index < -0.39 is 24.0 Å². The summed E-state index contributed by atoms with van der Waals surface area (Å²) in [5, 5.41) is 4.62. The zero-order chi connectivity index (χ0) is 17.0. The van der Waals surface area contributed by atoms with E-state index in [1.54, 1.807) is 34.6 Å². The number of amides is 3. The van der Waals surface area contributed by atoms with Gasteiger partial charge in [-0.25, -0.2) is 9.59 Å². The molecule has 1 atom stereocenters. The highest BCUT2D eigenvalue weighted by atomic mass is 16.5. The van der Waals surface area contributed by atoms with E-state index >= 15 is 0 Å². The summed E-state index contributed by atoms with van der Waals surface area (Å²) in [5.74, 6) is -0.288. The first-order valence-electron chi connectivity index (χ1n) is 7.02. The van der Waals surface area contributed by atoms with Gasteiger partial charge in [0.15, 0.2) is 6.10 Å². The Hall–Kier alpha value is -2.31. The average molecular weight is 310 g/mol. The van der Waals surface area contributed by atoms with Crippen molar-refractivity contribution in [3.63, 3.8) is 0 Å². The molecule has 122 valence electrons. The summed E-state index contributed by atoms with van der Waals surface area (Å²) in [6, 6.07) is -0.737. The highest BCUT2D eigenvalue weighted by Crippen LogP contribution is 2.21. The second kappa shape index (κ2) is 7.11. The number of esters is 1. The Morgan fingerprint density at radius 1 is 1.05 bits per heavy atom. The molecule has 22 heavy (non-hydrogen) atoms. The van der Waals surface area contributed by atoms with Gasteiger partial charge in [0.25, 0.3) is 5.91 Å². The number of hydrogen-bond acceptors (Lipinski definition) is 5. The van der Waals surface area contributed by atoms with Gasteiger partial charge in [0.2, 0.25) is 0 Å². The molecule has 0 saturated carbocycles. The van der Waals surface area contributed by atoms with E-state index in [1.807, 2.05) is 0 Å². The molecule has 0 aliphatic heterocycles. The molecular formula is C15H22N2O5. The molecule has 0 aliphatic carbocycles. The molecule has 7 nitrogen and oxygen atoms in total. The Morgan fingerprint density at radius 2 is 1.64 bits per heavy atom. The molecule has 3 amide bonds. The summed E-state index contributed by atoms with van der Waals surface area (Å²) in [6.07, 6.45) is -1.10. The molecular weight excluding hydrogens is 288 g/mol. The molecule has 2 N–H and O–H groups in total. The molecule has 0 aliphatic rings. The Labute approximate surface area is 129 Å². The van der Waals surface area contributed by atoms with Crippen molar-refractivity contribution >= 4 is 17.9 Å². The number of nitrogens with one attached hydrogen (secondary N) is 2. The van der Waals surface area contributed by atoms with Crippen LogP contribution in [0.4, 0.5) is 4.79 Å². The smallest absolute Gasteiger partial charge is 0.342 e. The fourth-order valence-corrected chi connectivity index (χ4v) is 1.88. The normalized spacial score (nSPS) is 12.0. The third-order valence-electron chi connectivity index (χ3n) is 3.08. The molecule has 0 bridgehead atoms. The predicted octanol–water partition coefficient (Wildman–Crippen LogP) is 1.98. The second-order valence-corrected chi connectivity index (χ2v) is 5.38. The molecule has 1 unspecified atom stereocenters. The minimum absolute atomic E-state index is 0.107. The maximum Gasteiger partial charge on any atom is 0.342 e. The number of urea groups is 1. The van der Waals surface area contributed by atoms with Crippen LogP contribution in [0, 0.1) is 20.8 Å². The fourth-order valence-electron chi connectivity index (χ4n) is 1.88. The number of carbonyl (C=O) groups is 3. The average Bonchev–Trinajstić information content (AvgIpc) is 2.61. The lowest BCUT2D eigenvalue weighted by atomic mass is 10.1. The topological polar surface area (TPSA) is 97.6 Å². The van der Waals surface area contributed by atoms with Gasteiger partial charge in [0.1, 0.15) is 17.1 Å². The van der Waals surface area contributed by atoms with Gasteiger partial charge in [-0.2, -0.15) is 0 Å². The van der Waals surface area contributed by atoms with Gasteiger partial charge in [-0.3, -0.25) is 10.1 Å². The molecule has 1 heterocycles. The molecule has 0 aromatic carbocycles. The van der Waals surface area contributed by atoms with Crippen LogP contribution in [-0.2, 0) is 9.53 Å². The van der Waals surface area contributed by atoms with Gasteiger partial charge in [0.05, 0.1) is 0 Å². The molecule has 1 aromatic heterocycles. The summed E-state index contributed by atoms with van der Waals surface area (Å²) < 4.78 is 10.4. The Morgan fingerprint density at radius 3 is 2.09 bits per heavy atom. The number of hydrogen-bond donors (Lipinski definition) is 2.